The van der Waals surface area contributed by atoms with Gasteiger partial charge in [-0.05, 0) is 19.1 Å². The number of hydrogen-bond acceptors (Lipinski definition) is 4. The number of benzene rings is 1. The van der Waals surface area contributed by atoms with Gasteiger partial charge in [-0.1, -0.05) is 19.1 Å². The fourth-order valence-electron chi connectivity index (χ4n) is 1.28. The van der Waals surface area contributed by atoms with Crippen LogP contribution in [0.15, 0.2) is 24.3 Å². The van der Waals surface area contributed by atoms with Crippen molar-refractivity contribution < 1.29 is 14.6 Å². The molecular weight excluding hydrogens is 206 g/mol. The van der Waals surface area contributed by atoms with E-state index in [0.717, 1.165) is 12.2 Å². The Labute approximate surface area is 95.2 Å². The molecule has 88 valence electrons. The van der Waals surface area contributed by atoms with Crippen LogP contribution in [-0.2, 0) is 4.74 Å². The summed E-state index contributed by atoms with van der Waals surface area (Å²) < 4.78 is 4.85. The molecule has 1 aromatic carbocycles. The van der Waals surface area contributed by atoms with Gasteiger partial charge in [-0.15, -0.1) is 0 Å². The molecule has 0 saturated heterocycles. The highest BCUT2D eigenvalue weighted by Crippen LogP contribution is 2.16. The van der Waals surface area contributed by atoms with E-state index in [1.807, 2.05) is 13.0 Å². The number of carbonyl (C=O) groups excluding carboxylic acids is 1. The Hall–Kier alpha value is -1.55. The molecule has 0 aliphatic carbocycles. The summed E-state index contributed by atoms with van der Waals surface area (Å²) in [5, 5.41) is 12.3. The van der Waals surface area contributed by atoms with Crippen molar-refractivity contribution in [3.8, 4) is 0 Å². The molecule has 1 unspecified atom stereocenters. The number of aliphatic hydroxyl groups is 1. The minimum Gasteiger partial charge on any atom is -0.432 e. The van der Waals surface area contributed by atoms with Crippen molar-refractivity contribution in [1.29, 1.82) is 0 Å². The maximum absolute atomic E-state index is 11.7. The van der Waals surface area contributed by atoms with Crippen LogP contribution in [0.1, 0.15) is 30.6 Å². The molecule has 0 fully saturated rings. The molecule has 0 aliphatic heterocycles. The number of nitrogens with one attached hydrogen (secondary N) is 1. The molecule has 16 heavy (non-hydrogen) atoms. The van der Waals surface area contributed by atoms with Crippen LogP contribution in [-0.4, -0.2) is 23.9 Å². The lowest BCUT2D eigenvalue weighted by molar-refractivity contribution is -0.0656. The number of esters is 1. The zero-order valence-corrected chi connectivity index (χ0v) is 9.56. The third kappa shape index (κ3) is 3.24. The highest BCUT2D eigenvalue weighted by Gasteiger charge is 2.14. The predicted molar refractivity (Wildman–Crippen MR) is 62.3 cm³/mol. The minimum absolute atomic E-state index is 0.384. The topological polar surface area (TPSA) is 58.6 Å². The monoisotopic (exact) mass is 223 g/mol. The Morgan fingerprint density at radius 2 is 2.12 bits per heavy atom. The van der Waals surface area contributed by atoms with E-state index in [4.69, 9.17) is 4.74 Å². The molecule has 1 atom stereocenters. The average Bonchev–Trinajstić information content (AvgIpc) is 2.30. The number of para-hydroxylation sites is 1. The lowest BCUT2D eigenvalue weighted by Crippen LogP contribution is -2.17. The lowest BCUT2D eigenvalue weighted by Gasteiger charge is -2.12. The molecular formula is C12H17NO3. The second kappa shape index (κ2) is 6.12. The first-order valence-corrected chi connectivity index (χ1v) is 5.41. The van der Waals surface area contributed by atoms with E-state index in [2.05, 4.69) is 5.32 Å². The van der Waals surface area contributed by atoms with Crippen molar-refractivity contribution >= 4 is 11.7 Å². The molecule has 4 heteroatoms. The normalized spacial score (nSPS) is 11.9. The van der Waals surface area contributed by atoms with E-state index in [-0.39, 0.29) is 0 Å². The largest absolute Gasteiger partial charge is 0.432 e. The molecule has 0 bridgehead atoms. The number of ether oxygens (including phenoxy) is 1. The minimum atomic E-state index is -1.04. The van der Waals surface area contributed by atoms with Gasteiger partial charge >= 0.3 is 5.97 Å². The molecule has 1 aromatic rings. The van der Waals surface area contributed by atoms with Crippen LogP contribution < -0.4 is 5.32 Å². The number of aliphatic hydroxyl groups excluding tert-OH is 1. The zero-order chi connectivity index (χ0) is 12.0. The van der Waals surface area contributed by atoms with Gasteiger partial charge in [0.15, 0.2) is 0 Å². The molecule has 0 aromatic heterocycles. The molecule has 0 spiro atoms. The lowest BCUT2D eigenvalue weighted by atomic mass is 10.2. The SMILES string of the molecule is CCNc1ccccc1C(=O)OC(O)CC. The van der Waals surface area contributed by atoms with Crippen LogP contribution in [0.3, 0.4) is 0 Å². The maximum Gasteiger partial charge on any atom is 0.342 e. The fraction of sp³-hybridized carbons (Fsp3) is 0.417. The third-order valence-electron chi connectivity index (χ3n) is 2.11. The van der Waals surface area contributed by atoms with E-state index < -0.39 is 12.3 Å². The molecule has 2 N–H and O–H groups in total. The van der Waals surface area contributed by atoms with Crippen molar-refractivity contribution in [2.24, 2.45) is 0 Å². The quantitative estimate of drug-likeness (QED) is 0.592. The number of hydrogen-bond donors (Lipinski definition) is 2. The number of anilines is 1. The van der Waals surface area contributed by atoms with Crippen molar-refractivity contribution in [2.75, 3.05) is 11.9 Å². The van der Waals surface area contributed by atoms with Gasteiger partial charge in [-0.25, -0.2) is 4.79 Å². The van der Waals surface area contributed by atoms with Crippen LogP contribution in [0.5, 0.6) is 0 Å². The van der Waals surface area contributed by atoms with E-state index in [0.29, 0.717) is 12.0 Å². The summed E-state index contributed by atoms with van der Waals surface area (Å²) in [6, 6.07) is 7.07. The second-order valence-corrected chi connectivity index (χ2v) is 3.34. The first-order chi connectivity index (χ1) is 7.69. The average molecular weight is 223 g/mol. The van der Waals surface area contributed by atoms with Crippen molar-refractivity contribution in [3.63, 3.8) is 0 Å². The van der Waals surface area contributed by atoms with Crippen molar-refractivity contribution in [1.82, 2.24) is 0 Å². The van der Waals surface area contributed by atoms with Gasteiger partial charge in [0.1, 0.15) is 0 Å². The summed E-state index contributed by atoms with van der Waals surface area (Å²) in [6.07, 6.45) is -0.656. The maximum atomic E-state index is 11.7. The predicted octanol–water partition coefficient (Wildman–Crippen LogP) is 2.00. The summed E-state index contributed by atoms with van der Waals surface area (Å²) in [7, 11) is 0. The van der Waals surface area contributed by atoms with Gasteiger partial charge in [-0.3, -0.25) is 0 Å². The Kier molecular flexibility index (Phi) is 4.79. The number of rotatable bonds is 5. The summed E-state index contributed by atoms with van der Waals surface area (Å²) in [6.45, 7) is 4.41. The number of carbonyl (C=O) groups is 1. The smallest absolute Gasteiger partial charge is 0.342 e. The highest BCUT2D eigenvalue weighted by atomic mass is 16.6. The summed E-state index contributed by atoms with van der Waals surface area (Å²) >= 11 is 0. The van der Waals surface area contributed by atoms with Crippen LogP contribution in [0.4, 0.5) is 5.69 Å². The zero-order valence-electron chi connectivity index (χ0n) is 9.56. The highest BCUT2D eigenvalue weighted by molar-refractivity contribution is 5.95. The van der Waals surface area contributed by atoms with Crippen molar-refractivity contribution in [3.05, 3.63) is 29.8 Å². The molecule has 1 rings (SSSR count). The van der Waals surface area contributed by atoms with Gasteiger partial charge < -0.3 is 15.2 Å². The fourth-order valence-corrected chi connectivity index (χ4v) is 1.28. The molecule has 0 radical (unpaired) electrons. The van der Waals surface area contributed by atoms with Gasteiger partial charge in [0.2, 0.25) is 6.29 Å². The van der Waals surface area contributed by atoms with E-state index in [9.17, 15) is 9.90 Å². The Morgan fingerprint density at radius 3 is 2.75 bits per heavy atom. The first-order valence-electron chi connectivity index (χ1n) is 5.41. The third-order valence-corrected chi connectivity index (χ3v) is 2.11. The molecule has 0 aliphatic rings. The van der Waals surface area contributed by atoms with Gasteiger partial charge in [-0.2, -0.15) is 0 Å². The summed E-state index contributed by atoms with van der Waals surface area (Å²) in [4.78, 5) is 11.7. The van der Waals surface area contributed by atoms with Gasteiger partial charge in [0, 0.05) is 18.7 Å². The Morgan fingerprint density at radius 1 is 1.44 bits per heavy atom. The van der Waals surface area contributed by atoms with Gasteiger partial charge in [0.05, 0.1) is 5.56 Å². The molecule has 4 nitrogen and oxygen atoms in total. The van der Waals surface area contributed by atoms with Crippen LogP contribution in [0, 0.1) is 0 Å². The van der Waals surface area contributed by atoms with Gasteiger partial charge in [0.25, 0.3) is 0 Å². The van der Waals surface area contributed by atoms with E-state index in [1.54, 1.807) is 25.1 Å². The van der Waals surface area contributed by atoms with E-state index >= 15 is 0 Å². The van der Waals surface area contributed by atoms with Crippen LogP contribution in [0.2, 0.25) is 0 Å². The van der Waals surface area contributed by atoms with Crippen LogP contribution >= 0.6 is 0 Å². The van der Waals surface area contributed by atoms with Crippen molar-refractivity contribution in [2.45, 2.75) is 26.6 Å². The second-order valence-electron chi connectivity index (χ2n) is 3.34. The summed E-state index contributed by atoms with van der Waals surface area (Å²) in [5.41, 5.74) is 1.16. The van der Waals surface area contributed by atoms with Crippen LogP contribution in [0.25, 0.3) is 0 Å². The molecule has 0 heterocycles. The standard InChI is InChI=1S/C12H17NO3/c1-3-11(14)16-12(15)9-7-5-6-8-10(9)13-4-2/h5-8,11,13-14H,3-4H2,1-2H3. The molecule has 0 saturated carbocycles. The van der Waals surface area contributed by atoms with E-state index in [1.165, 1.54) is 0 Å². The first kappa shape index (κ1) is 12.5. The molecule has 0 amide bonds. The Balaban J connectivity index is 2.81. The summed E-state index contributed by atoms with van der Waals surface area (Å²) in [5.74, 6) is -0.508. The Bertz CT molecular complexity index is 352.